The molecule has 4 heteroatoms. The SMILES string of the molecule is CCC(C)=C(SC=C(C)CC1=CC(CC)C(C)=CS1)c1cccc(-c2cc(C)[nH]n2)c1. The van der Waals surface area contributed by atoms with Gasteiger partial charge in [-0.1, -0.05) is 66.6 Å². The quantitative estimate of drug-likeness (QED) is 0.434. The van der Waals surface area contributed by atoms with Crippen molar-refractivity contribution in [2.24, 2.45) is 5.92 Å². The van der Waals surface area contributed by atoms with Gasteiger partial charge in [-0.05, 0) is 86.3 Å². The molecule has 1 N–H and O–H groups in total. The highest BCUT2D eigenvalue weighted by Gasteiger charge is 2.14. The van der Waals surface area contributed by atoms with E-state index in [1.165, 1.54) is 38.5 Å². The summed E-state index contributed by atoms with van der Waals surface area (Å²) in [4.78, 5) is 2.82. The Kier molecular flexibility index (Phi) is 8.50. The van der Waals surface area contributed by atoms with Crippen LogP contribution in [0.2, 0.25) is 0 Å². The highest BCUT2D eigenvalue weighted by atomic mass is 32.2. The predicted molar refractivity (Wildman–Crippen MR) is 141 cm³/mol. The van der Waals surface area contributed by atoms with Gasteiger partial charge in [0.15, 0.2) is 0 Å². The molecule has 1 aromatic carbocycles. The summed E-state index contributed by atoms with van der Waals surface area (Å²) in [6.07, 6.45) is 5.72. The van der Waals surface area contributed by atoms with Gasteiger partial charge in [-0.25, -0.2) is 0 Å². The van der Waals surface area contributed by atoms with Crippen molar-refractivity contribution in [2.45, 2.75) is 60.8 Å². The number of nitrogens with one attached hydrogen (secondary N) is 1. The summed E-state index contributed by atoms with van der Waals surface area (Å²) in [5.41, 5.74) is 8.82. The maximum atomic E-state index is 4.44. The molecular formula is C27H34N2S2. The molecule has 0 saturated heterocycles. The second-order valence-corrected chi connectivity index (χ2v) is 10.2. The first kappa shape index (κ1) is 23.7. The molecule has 1 aliphatic heterocycles. The van der Waals surface area contributed by atoms with Crippen LogP contribution in [0.25, 0.3) is 16.2 Å². The molecule has 2 nitrogen and oxygen atoms in total. The number of H-pyrrole nitrogens is 1. The lowest BCUT2D eigenvalue weighted by molar-refractivity contribution is 0.722. The third-order valence-corrected chi connectivity index (χ3v) is 8.10. The smallest absolute Gasteiger partial charge is 0.0923 e. The van der Waals surface area contributed by atoms with Crippen molar-refractivity contribution < 1.29 is 0 Å². The first-order valence-corrected chi connectivity index (χ1v) is 12.9. The van der Waals surface area contributed by atoms with Gasteiger partial charge in [0.2, 0.25) is 0 Å². The van der Waals surface area contributed by atoms with Crippen LogP contribution in [0.15, 0.2) is 68.8 Å². The second-order valence-electron chi connectivity index (χ2n) is 8.37. The molecule has 0 radical (unpaired) electrons. The summed E-state index contributed by atoms with van der Waals surface area (Å²) in [5.74, 6) is 0.600. The Morgan fingerprint density at radius 3 is 2.68 bits per heavy atom. The van der Waals surface area contributed by atoms with E-state index in [-0.39, 0.29) is 0 Å². The Balaban J connectivity index is 1.79. The molecule has 0 spiro atoms. The Morgan fingerprint density at radius 1 is 1.19 bits per heavy atom. The zero-order valence-corrected chi connectivity index (χ0v) is 21.2. The van der Waals surface area contributed by atoms with Gasteiger partial charge in [0.25, 0.3) is 0 Å². The second kappa shape index (κ2) is 11.1. The van der Waals surface area contributed by atoms with Crippen molar-refractivity contribution in [3.63, 3.8) is 0 Å². The number of thioether (sulfide) groups is 2. The molecule has 0 saturated carbocycles. The topological polar surface area (TPSA) is 28.7 Å². The Labute approximate surface area is 196 Å². The van der Waals surface area contributed by atoms with Crippen LogP contribution in [0, 0.1) is 12.8 Å². The Bertz CT molecular complexity index is 1040. The molecule has 2 aromatic rings. The molecule has 1 unspecified atom stereocenters. The highest BCUT2D eigenvalue weighted by Crippen LogP contribution is 2.38. The number of aryl methyl sites for hydroxylation is 1. The predicted octanol–water partition coefficient (Wildman–Crippen LogP) is 9.11. The maximum absolute atomic E-state index is 4.44. The number of hydrogen-bond donors (Lipinski definition) is 1. The molecule has 0 bridgehead atoms. The number of aromatic nitrogens is 2. The van der Waals surface area contributed by atoms with Crippen LogP contribution in [0.1, 0.15) is 65.1 Å². The van der Waals surface area contributed by atoms with Gasteiger partial charge in [0.1, 0.15) is 0 Å². The molecule has 3 rings (SSSR count). The summed E-state index contributed by atoms with van der Waals surface area (Å²) in [6.45, 7) is 13.3. The van der Waals surface area contributed by atoms with Crippen LogP contribution in [-0.4, -0.2) is 10.2 Å². The average molecular weight is 451 g/mol. The van der Waals surface area contributed by atoms with E-state index >= 15 is 0 Å². The van der Waals surface area contributed by atoms with E-state index in [2.05, 4.69) is 92.0 Å². The standard InChI is InChI=1S/C27H34N2S2/c1-7-19(4)27(24-11-9-10-23(14-24)26-13-21(6)28-29-26)31-16-18(3)12-25-15-22(8-2)20(5)17-30-25/h9-11,13-17,22H,7-8,12H2,1-6H3,(H,28,29). The van der Waals surface area contributed by atoms with Gasteiger partial charge in [-0.2, -0.15) is 5.10 Å². The molecule has 164 valence electrons. The summed E-state index contributed by atoms with van der Waals surface area (Å²) in [6, 6.07) is 10.8. The van der Waals surface area contributed by atoms with E-state index in [4.69, 9.17) is 0 Å². The summed E-state index contributed by atoms with van der Waals surface area (Å²) in [7, 11) is 0. The van der Waals surface area contributed by atoms with Crippen molar-refractivity contribution >= 4 is 28.4 Å². The number of rotatable bonds is 8. The summed E-state index contributed by atoms with van der Waals surface area (Å²) >= 11 is 3.75. The molecule has 1 aliphatic rings. The minimum atomic E-state index is 0.600. The number of benzene rings is 1. The van der Waals surface area contributed by atoms with Gasteiger partial charge in [0, 0.05) is 16.2 Å². The zero-order chi connectivity index (χ0) is 22.4. The highest BCUT2D eigenvalue weighted by molar-refractivity contribution is 8.11. The number of nitrogens with zero attached hydrogens (tertiary/aromatic N) is 1. The molecule has 0 amide bonds. The first-order valence-electron chi connectivity index (χ1n) is 11.1. The van der Waals surface area contributed by atoms with Crippen LogP contribution < -0.4 is 0 Å². The number of hydrogen-bond acceptors (Lipinski definition) is 3. The van der Waals surface area contributed by atoms with Gasteiger partial charge in [-0.3, -0.25) is 5.10 Å². The fourth-order valence-corrected chi connectivity index (χ4v) is 5.71. The third-order valence-electron chi connectivity index (χ3n) is 5.68. The lowest BCUT2D eigenvalue weighted by Gasteiger charge is -2.19. The van der Waals surface area contributed by atoms with Gasteiger partial charge < -0.3 is 0 Å². The molecule has 2 heterocycles. The van der Waals surface area contributed by atoms with Crippen molar-refractivity contribution in [2.75, 3.05) is 0 Å². The summed E-state index contributed by atoms with van der Waals surface area (Å²) in [5, 5.41) is 12.2. The van der Waals surface area contributed by atoms with Crippen LogP contribution in [0.5, 0.6) is 0 Å². The minimum Gasteiger partial charge on any atom is -0.282 e. The van der Waals surface area contributed by atoms with E-state index < -0.39 is 0 Å². The summed E-state index contributed by atoms with van der Waals surface area (Å²) < 4.78 is 0. The van der Waals surface area contributed by atoms with Crippen molar-refractivity contribution in [1.29, 1.82) is 0 Å². The Hall–Kier alpha value is -1.91. The van der Waals surface area contributed by atoms with Crippen molar-refractivity contribution in [3.05, 3.63) is 80.1 Å². The lowest BCUT2D eigenvalue weighted by atomic mass is 9.97. The van der Waals surface area contributed by atoms with Gasteiger partial charge in [-0.15, -0.1) is 11.8 Å². The lowest BCUT2D eigenvalue weighted by Crippen LogP contribution is -2.01. The van der Waals surface area contributed by atoms with E-state index in [1.807, 2.05) is 30.4 Å². The fourth-order valence-electron chi connectivity index (χ4n) is 3.63. The van der Waals surface area contributed by atoms with E-state index in [9.17, 15) is 0 Å². The fraction of sp³-hybridized carbons (Fsp3) is 0.370. The van der Waals surface area contributed by atoms with Crippen LogP contribution in [0.3, 0.4) is 0 Å². The van der Waals surface area contributed by atoms with E-state index in [1.54, 1.807) is 0 Å². The van der Waals surface area contributed by atoms with E-state index in [0.29, 0.717) is 5.92 Å². The minimum absolute atomic E-state index is 0.600. The van der Waals surface area contributed by atoms with E-state index in [0.717, 1.165) is 29.8 Å². The molecule has 31 heavy (non-hydrogen) atoms. The molecule has 0 aliphatic carbocycles. The van der Waals surface area contributed by atoms with Crippen LogP contribution in [-0.2, 0) is 0 Å². The molecule has 1 aromatic heterocycles. The van der Waals surface area contributed by atoms with Crippen molar-refractivity contribution in [1.82, 2.24) is 10.2 Å². The monoisotopic (exact) mass is 450 g/mol. The Morgan fingerprint density at radius 2 is 2.00 bits per heavy atom. The van der Waals surface area contributed by atoms with Gasteiger partial charge in [0.05, 0.1) is 5.69 Å². The molecule has 1 atom stereocenters. The molecular weight excluding hydrogens is 416 g/mol. The van der Waals surface area contributed by atoms with Crippen LogP contribution >= 0.6 is 23.5 Å². The van der Waals surface area contributed by atoms with Crippen molar-refractivity contribution in [3.8, 4) is 11.3 Å². The zero-order valence-electron chi connectivity index (χ0n) is 19.6. The first-order chi connectivity index (χ1) is 14.9. The average Bonchev–Trinajstić information content (AvgIpc) is 3.21. The van der Waals surface area contributed by atoms with Crippen LogP contribution in [0.4, 0.5) is 0 Å². The maximum Gasteiger partial charge on any atom is 0.0923 e. The largest absolute Gasteiger partial charge is 0.282 e. The van der Waals surface area contributed by atoms with Gasteiger partial charge >= 0.3 is 0 Å². The number of allylic oxidation sites excluding steroid dienone is 5. The molecule has 0 fully saturated rings. The normalized spacial score (nSPS) is 17.9. The number of aromatic amines is 1. The third kappa shape index (κ3) is 6.30.